The van der Waals surface area contributed by atoms with Gasteiger partial charge in [0.2, 0.25) is 5.79 Å². The molecule has 78 heavy (non-hydrogen) atoms. The van der Waals surface area contributed by atoms with Crippen molar-refractivity contribution < 1.29 is 80.9 Å². The number of fused-ring (bicyclic) bond motifs is 3. The van der Waals surface area contributed by atoms with Crippen LogP contribution in [0.3, 0.4) is 0 Å². The number of methoxy groups -OCH3 is 3. The molecule has 2 bridgehead atoms. The number of ketones is 2. The number of nitrogens with zero attached hydrogens (tertiary/aromatic N) is 1. The average Bonchev–Trinajstić information content (AvgIpc) is 3.80. The van der Waals surface area contributed by atoms with Crippen molar-refractivity contribution in [2.75, 3.05) is 52.6 Å². The molecule has 4 aliphatic heterocycles. The summed E-state index contributed by atoms with van der Waals surface area (Å²) in [6.45, 7) is 17.5. The Balaban J connectivity index is 1.41. The normalized spacial score (nSPS) is 38.7. The summed E-state index contributed by atoms with van der Waals surface area (Å²) in [5.74, 6) is -10.5. The summed E-state index contributed by atoms with van der Waals surface area (Å²) in [6.07, 6.45) is 9.86. The smallest absolute Gasteiger partial charge is 0.329 e. The summed E-state index contributed by atoms with van der Waals surface area (Å²) >= 11 is 0. The van der Waals surface area contributed by atoms with Crippen LogP contribution >= 0.6 is 0 Å². The van der Waals surface area contributed by atoms with Gasteiger partial charge in [0.1, 0.15) is 42.0 Å². The molecule has 5 aliphatic rings. The number of amides is 1. The number of cyclic esters (lactones) is 1. The van der Waals surface area contributed by atoms with Gasteiger partial charge in [-0.05, 0) is 118 Å². The van der Waals surface area contributed by atoms with Crippen LogP contribution in [0.1, 0.15) is 126 Å². The van der Waals surface area contributed by atoms with E-state index in [1.165, 1.54) is 19.1 Å². The van der Waals surface area contributed by atoms with Gasteiger partial charge in [0.25, 0.3) is 11.7 Å². The number of hydrogen-bond donors (Lipinski definition) is 3. The van der Waals surface area contributed by atoms with E-state index in [1.54, 1.807) is 34.0 Å². The first-order valence-corrected chi connectivity index (χ1v) is 29.9. The largest absolute Gasteiger partial charge is 0.460 e. The predicted octanol–water partition coefficient (Wildman–Crippen LogP) is 6.14. The SMILES string of the molecule is C=C1[C@H](C)C[C@H](C)/C=C/C=C/C=C(\C)[C@@H](OC)C[C@@H]2CC[C@@H](C)[C@@](O)(O2)C(=O)C(=O)N2CCCC[C@H]2C(=O)O[C@H]([C@H](C)C[C@@H]2CC[C@@H](OC(=O)CS(=O)(=O)C[C@H]3COC[C@@H]3O)[C@H](OC)C2)CC(=O)[C@H](C)/C=C(\C)[C@@H](O)[C@H]1OC. The highest BCUT2D eigenvalue weighted by Crippen LogP contribution is 2.38. The maximum absolute atomic E-state index is 14.6. The van der Waals surface area contributed by atoms with Crippen molar-refractivity contribution in [3.63, 3.8) is 0 Å². The quantitative estimate of drug-likeness (QED) is 0.119. The van der Waals surface area contributed by atoms with Gasteiger partial charge in [-0.15, -0.1) is 0 Å². The third-order valence-corrected chi connectivity index (χ3v) is 18.6. The number of carbonyl (C=O) groups is 5. The summed E-state index contributed by atoms with van der Waals surface area (Å²) in [7, 11) is 0.651. The van der Waals surface area contributed by atoms with E-state index in [0.717, 1.165) is 12.0 Å². The van der Waals surface area contributed by atoms with Crippen LogP contribution in [-0.2, 0) is 67.0 Å². The molecular formula is C59H91NO17S. The number of esters is 2. The molecule has 0 radical (unpaired) electrons. The molecule has 3 N–H and O–H groups in total. The number of carbonyl (C=O) groups excluding carboxylic acids is 5. The standard InChI is InChI=1S/C59H91NO17S/c1-35-17-13-12-14-18-36(2)50(71-9)29-45-22-20-41(7)59(68,77-45)56(65)57(66)60-24-16-15-19-46(60)58(67)76-51(30-47(61)38(4)26-40(6)54(64)55(73-11)42(8)37(3)25-35)39(5)27-43-21-23-49(52(28-43)72-10)75-53(63)34-78(69,70)33-44-31-74-32-48(44)62/h12-14,17-18,26,35,37-39,41,43-46,48-52,54-55,62,64,68H,8,15-16,19-25,27-34H2,1-7,9-11H3/b14-12+,17-13+,36-18+,40-26+/t35-,37-,38-,39-,41-,43+,44-,45+,46+,48+,49-,50+,51+,52-,54-,55+,59-/m1/s1. The number of rotatable bonds is 11. The fraction of sp³-hybridized carbons (Fsp3) is 0.746. The van der Waals surface area contributed by atoms with Crippen LogP contribution in [0.15, 0.2) is 59.8 Å². The summed E-state index contributed by atoms with van der Waals surface area (Å²) in [5, 5.41) is 33.8. The molecule has 0 aromatic heterocycles. The van der Waals surface area contributed by atoms with Crippen molar-refractivity contribution in [1.29, 1.82) is 0 Å². The fourth-order valence-electron chi connectivity index (χ4n) is 11.9. The topological polar surface area (TPSA) is 248 Å². The number of hydrogen-bond acceptors (Lipinski definition) is 17. The molecule has 1 saturated carbocycles. The van der Waals surface area contributed by atoms with Crippen LogP contribution < -0.4 is 0 Å². The highest BCUT2D eigenvalue weighted by Gasteiger charge is 2.53. The Morgan fingerprint density at radius 2 is 1.62 bits per heavy atom. The first-order chi connectivity index (χ1) is 36.8. The Morgan fingerprint density at radius 1 is 0.885 bits per heavy atom. The lowest BCUT2D eigenvalue weighted by Gasteiger charge is -2.42. The monoisotopic (exact) mass is 1120 g/mol. The zero-order valence-electron chi connectivity index (χ0n) is 47.8. The summed E-state index contributed by atoms with van der Waals surface area (Å²) < 4.78 is 66.7. The van der Waals surface area contributed by atoms with E-state index in [9.17, 15) is 47.7 Å². The van der Waals surface area contributed by atoms with E-state index in [0.29, 0.717) is 68.9 Å². The Kier molecular flexibility index (Phi) is 24.7. The van der Waals surface area contributed by atoms with Crippen LogP contribution in [-0.4, -0.2) is 171 Å². The van der Waals surface area contributed by atoms with Crippen molar-refractivity contribution in [2.45, 2.75) is 186 Å². The zero-order chi connectivity index (χ0) is 57.6. The lowest BCUT2D eigenvalue weighted by molar-refractivity contribution is -0.265. The number of sulfone groups is 1. The molecule has 4 fully saturated rings. The maximum Gasteiger partial charge on any atom is 0.329 e. The molecule has 0 unspecified atom stereocenters. The van der Waals surface area contributed by atoms with Crippen LogP contribution in [0.5, 0.6) is 0 Å². The van der Waals surface area contributed by atoms with Crippen LogP contribution in [0.4, 0.5) is 0 Å². The number of ether oxygens (including phenoxy) is 7. The van der Waals surface area contributed by atoms with E-state index in [2.05, 4.69) is 19.6 Å². The summed E-state index contributed by atoms with van der Waals surface area (Å²) in [4.78, 5) is 72.0. The average molecular weight is 1120 g/mol. The molecule has 0 aromatic rings. The minimum atomic E-state index is -3.92. The minimum absolute atomic E-state index is 0.0331. The van der Waals surface area contributed by atoms with E-state index < -0.39 is 129 Å². The minimum Gasteiger partial charge on any atom is -0.460 e. The van der Waals surface area contributed by atoms with Crippen molar-refractivity contribution in [3.8, 4) is 0 Å². The second-order valence-corrected chi connectivity index (χ2v) is 25.3. The summed E-state index contributed by atoms with van der Waals surface area (Å²) in [5.41, 5.74) is 2.08. The van der Waals surface area contributed by atoms with E-state index in [-0.39, 0.29) is 56.1 Å². The van der Waals surface area contributed by atoms with E-state index in [1.807, 2.05) is 45.1 Å². The molecule has 1 aliphatic carbocycles. The first-order valence-electron chi connectivity index (χ1n) is 28.1. The highest BCUT2D eigenvalue weighted by atomic mass is 32.2. The molecule has 0 aromatic carbocycles. The highest BCUT2D eigenvalue weighted by molar-refractivity contribution is 7.92. The number of Topliss-reactive ketones (excluding diaryl/α,β-unsaturated/α-hetero) is 2. The number of allylic oxidation sites excluding steroid dienone is 6. The van der Waals surface area contributed by atoms with E-state index in [4.69, 9.17) is 33.2 Å². The van der Waals surface area contributed by atoms with E-state index >= 15 is 0 Å². The van der Waals surface area contributed by atoms with Gasteiger partial charge in [-0.1, -0.05) is 77.7 Å². The van der Waals surface area contributed by atoms with Gasteiger partial charge in [0.05, 0.1) is 43.4 Å². The zero-order valence-corrected chi connectivity index (χ0v) is 48.7. The molecular weight excluding hydrogens is 1030 g/mol. The van der Waals surface area contributed by atoms with Gasteiger partial charge in [-0.2, -0.15) is 0 Å². The molecule has 19 heteroatoms. The molecule has 440 valence electrons. The lowest BCUT2D eigenvalue weighted by atomic mass is 9.78. The molecule has 3 saturated heterocycles. The van der Waals surface area contributed by atoms with Gasteiger partial charge >= 0.3 is 11.9 Å². The predicted molar refractivity (Wildman–Crippen MR) is 292 cm³/mol. The number of aliphatic hydroxyl groups is 3. The van der Waals surface area contributed by atoms with Gasteiger partial charge < -0.3 is 53.4 Å². The number of piperidine rings is 1. The van der Waals surface area contributed by atoms with Gasteiger partial charge in [0.15, 0.2) is 9.84 Å². The molecule has 0 spiro atoms. The second kappa shape index (κ2) is 29.7. The maximum atomic E-state index is 14.6. The van der Waals surface area contributed by atoms with Gasteiger partial charge in [-0.3, -0.25) is 19.2 Å². The second-order valence-electron chi connectivity index (χ2n) is 23.1. The third kappa shape index (κ3) is 17.5. The van der Waals surface area contributed by atoms with Crippen molar-refractivity contribution in [3.05, 3.63) is 59.8 Å². The Bertz CT molecular complexity index is 2310. The fourth-order valence-corrected chi connectivity index (χ4v) is 13.4. The van der Waals surface area contributed by atoms with Crippen molar-refractivity contribution in [1.82, 2.24) is 4.90 Å². The van der Waals surface area contributed by atoms with Crippen LogP contribution in [0, 0.1) is 41.4 Å². The number of aliphatic hydroxyl groups excluding tert-OH is 2. The van der Waals surface area contributed by atoms with Crippen molar-refractivity contribution in [2.24, 2.45) is 41.4 Å². The van der Waals surface area contributed by atoms with Gasteiger partial charge in [0, 0.05) is 58.5 Å². The lowest BCUT2D eigenvalue weighted by Crippen LogP contribution is -2.61. The molecule has 17 atom stereocenters. The first kappa shape index (κ1) is 64.9. The van der Waals surface area contributed by atoms with Crippen LogP contribution in [0.2, 0.25) is 0 Å². The molecule has 18 nitrogen and oxygen atoms in total. The Labute approximate surface area is 463 Å². The molecule has 1 amide bonds. The van der Waals surface area contributed by atoms with Gasteiger partial charge in [-0.25, -0.2) is 13.2 Å². The Morgan fingerprint density at radius 3 is 2.28 bits per heavy atom. The molecule has 4 heterocycles. The Hall–Kier alpha value is -3.92. The van der Waals surface area contributed by atoms with Crippen molar-refractivity contribution >= 4 is 39.2 Å². The third-order valence-electron chi connectivity index (χ3n) is 16.9. The molecule has 5 rings (SSSR count). The van der Waals surface area contributed by atoms with Crippen LogP contribution in [0.25, 0.3) is 0 Å². The summed E-state index contributed by atoms with van der Waals surface area (Å²) in [6, 6.07) is -1.20.